The maximum absolute atomic E-state index is 13.6. The van der Waals surface area contributed by atoms with Gasteiger partial charge in [0.05, 0.1) is 6.42 Å². The summed E-state index contributed by atoms with van der Waals surface area (Å²) in [7, 11) is 0. The van der Waals surface area contributed by atoms with Gasteiger partial charge in [-0.2, -0.15) is 0 Å². The van der Waals surface area contributed by atoms with Gasteiger partial charge in [-0.25, -0.2) is 0 Å². The number of carbonyl (C=O) groups is 2. The molecule has 0 aliphatic heterocycles. The molecule has 3 rings (SSSR count). The number of nitrogens with zero attached hydrogens (tertiary/aromatic N) is 1. The van der Waals surface area contributed by atoms with Crippen molar-refractivity contribution in [2.45, 2.75) is 45.7 Å². The molecule has 5 heteroatoms. The Morgan fingerprint density at radius 3 is 2.00 bits per heavy atom. The minimum Gasteiger partial charge on any atom is -0.354 e. The van der Waals surface area contributed by atoms with Crippen LogP contribution in [0.1, 0.15) is 37.0 Å². The van der Waals surface area contributed by atoms with Crippen molar-refractivity contribution in [3.8, 4) is 0 Å². The molecule has 3 aromatic carbocycles. The number of amides is 2. The van der Waals surface area contributed by atoms with E-state index in [0.29, 0.717) is 30.5 Å². The van der Waals surface area contributed by atoms with Crippen molar-refractivity contribution in [1.29, 1.82) is 0 Å². The summed E-state index contributed by atoms with van der Waals surface area (Å²) in [5.74, 6) is 0.274. The minimum atomic E-state index is -0.616. The Morgan fingerprint density at radius 1 is 0.824 bits per heavy atom. The SMILES string of the molecule is CC(C)CCNC(=O)[C@@H](Cc1ccccc1)N(Cc1ccccc1)C(=O)Cc1ccc(Cl)cc1. The lowest BCUT2D eigenvalue weighted by Gasteiger charge is -2.32. The van der Waals surface area contributed by atoms with Crippen LogP contribution in [0.4, 0.5) is 0 Å². The molecule has 0 aliphatic rings. The number of carbonyl (C=O) groups excluding carboxylic acids is 2. The van der Waals surface area contributed by atoms with Crippen molar-refractivity contribution in [3.05, 3.63) is 107 Å². The molecule has 0 fully saturated rings. The molecule has 1 atom stereocenters. The van der Waals surface area contributed by atoms with E-state index >= 15 is 0 Å². The van der Waals surface area contributed by atoms with Gasteiger partial charge in [0.1, 0.15) is 6.04 Å². The molecule has 0 saturated heterocycles. The maximum atomic E-state index is 13.6. The molecule has 0 aliphatic carbocycles. The van der Waals surface area contributed by atoms with Crippen molar-refractivity contribution in [2.75, 3.05) is 6.54 Å². The predicted molar refractivity (Wildman–Crippen MR) is 139 cm³/mol. The molecule has 0 aromatic heterocycles. The topological polar surface area (TPSA) is 49.4 Å². The van der Waals surface area contributed by atoms with Crippen LogP contribution in [0.25, 0.3) is 0 Å². The lowest BCUT2D eigenvalue weighted by Crippen LogP contribution is -2.51. The summed E-state index contributed by atoms with van der Waals surface area (Å²) >= 11 is 6.02. The smallest absolute Gasteiger partial charge is 0.243 e. The van der Waals surface area contributed by atoms with E-state index in [1.54, 1.807) is 17.0 Å². The third-order valence-electron chi connectivity index (χ3n) is 5.76. The van der Waals surface area contributed by atoms with Gasteiger partial charge in [0.25, 0.3) is 0 Å². The minimum absolute atomic E-state index is 0.0916. The first-order valence-corrected chi connectivity index (χ1v) is 12.2. The van der Waals surface area contributed by atoms with E-state index in [0.717, 1.165) is 23.1 Å². The third-order valence-corrected chi connectivity index (χ3v) is 6.01. The second kappa shape index (κ2) is 13.0. The Morgan fingerprint density at radius 2 is 1.41 bits per heavy atom. The molecule has 4 nitrogen and oxygen atoms in total. The van der Waals surface area contributed by atoms with E-state index in [1.807, 2.05) is 72.8 Å². The normalized spacial score (nSPS) is 11.8. The molecular weight excluding hydrogens is 444 g/mol. The molecule has 3 aromatic rings. The Hall–Kier alpha value is -3.11. The molecule has 0 heterocycles. The highest BCUT2D eigenvalue weighted by molar-refractivity contribution is 6.30. The Bertz CT molecular complexity index is 1040. The monoisotopic (exact) mass is 476 g/mol. The van der Waals surface area contributed by atoms with E-state index < -0.39 is 6.04 Å². The van der Waals surface area contributed by atoms with Gasteiger partial charge in [-0.05, 0) is 41.2 Å². The number of hydrogen-bond donors (Lipinski definition) is 1. The second-order valence-corrected chi connectivity index (χ2v) is 9.43. The molecule has 0 unspecified atom stereocenters. The molecule has 0 radical (unpaired) electrons. The van der Waals surface area contributed by atoms with Gasteiger partial charge in [-0.15, -0.1) is 0 Å². The molecule has 178 valence electrons. The van der Waals surface area contributed by atoms with E-state index in [-0.39, 0.29) is 18.2 Å². The van der Waals surface area contributed by atoms with Crippen molar-refractivity contribution in [2.24, 2.45) is 5.92 Å². The van der Waals surface area contributed by atoms with E-state index in [9.17, 15) is 9.59 Å². The van der Waals surface area contributed by atoms with Crippen LogP contribution >= 0.6 is 11.6 Å². The number of rotatable bonds is 11. The van der Waals surface area contributed by atoms with Crippen LogP contribution in [-0.4, -0.2) is 29.3 Å². The molecule has 0 bridgehead atoms. The van der Waals surface area contributed by atoms with Gasteiger partial charge in [0.15, 0.2) is 0 Å². The Kier molecular flexibility index (Phi) is 9.72. The van der Waals surface area contributed by atoms with Gasteiger partial charge in [0, 0.05) is 24.5 Å². The largest absolute Gasteiger partial charge is 0.354 e. The van der Waals surface area contributed by atoms with Crippen molar-refractivity contribution in [3.63, 3.8) is 0 Å². The first-order chi connectivity index (χ1) is 16.4. The van der Waals surface area contributed by atoms with Crippen LogP contribution in [0.15, 0.2) is 84.9 Å². The van der Waals surface area contributed by atoms with Crippen LogP contribution in [0.2, 0.25) is 5.02 Å². The second-order valence-electron chi connectivity index (χ2n) is 8.99. The fourth-order valence-electron chi connectivity index (χ4n) is 3.81. The average Bonchev–Trinajstić information content (AvgIpc) is 2.83. The molecule has 1 N–H and O–H groups in total. The van der Waals surface area contributed by atoms with Crippen molar-refractivity contribution < 1.29 is 9.59 Å². The summed E-state index contributed by atoms with van der Waals surface area (Å²) in [5, 5.41) is 3.71. The molecule has 34 heavy (non-hydrogen) atoms. The number of nitrogens with one attached hydrogen (secondary N) is 1. The quantitative estimate of drug-likeness (QED) is 0.386. The first kappa shape index (κ1) is 25.5. The zero-order chi connectivity index (χ0) is 24.3. The highest BCUT2D eigenvalue weighted by Gasteiger charge is 2.30. The molecule has 0 saturated carbocycles. The van der Waals surface area contributed by atoms with E-state index in [4.69, 9.17) is 11.6 Å². The summed E-state index contributed by atoms with van der Waals surface area (Å²) in [4.78, 5) is 28.8. The lowest BCUT2D eigenvalue weighted by molar-refractivity contribution is -0.140. The Labute approximate surface area is 207 Å². The van der Waals surface area contributed by atoms with Gasteiger partial charge >= 0.3 is 0 Å². The fraction of sp³-hybridized carbons (Fsp3) is 0.310. The van der Waals surface area contributed by atoms with Crippen molar-refractivity contribution >= 4 is 23.4 Å². The predicted octanol–water partition coefficient (Wildman–Crippen LogP) is 5.68. The maximum Gasteiger partial charge on any atom is 0.243 e. The molecule has 0 spiro atoms. The summed E-state index contributed by atoms with van der Waals surface area (Å²) in [6.45, 7) is 5.21. The van der Waals surface area contributed by atoms with Crippen LogP contribution in [0.3, 0.4) is 0 Å². The van der Waals surface area contributed by atoms with E-state index in [1.165, 1.54) is 0 Å². The molecular formula is C29H33ClN2O2. The lowest BCUT2D eigenvalue weighted by atomic mass is 10.0. The van der Waals surface area contributed by atoms with Gasteiger partial charge in [-0.3, -0.25) is 9.59 Å². The molecule has 2 amide bonds. The Balaban J connectivity index is 1.90. The zero-order valence-corrected chi connectivity index (χ0v) is 20.7. The highest BCUT2D eigenvalue weighted by Crippen LogP contribution is 2.18. The van der Waals surface area contributed by atoms with Crippen LogP contribution in [0.5, 0.6) is 0 Å². The van der Waals surface area contributed by atoms with E-state index in [2.05, 4.69) is 19.2 Å². The summed E-state index contributed by atoms with van der Waals surface area (Å²) in [6.07, 6.45) is 1.54. The van der Waals surface area contributed by atoms with Crippen LogP contribution < -0.4 is 5.32 Å². The van der Waals surface area contributed by atoms with Crippen LogP contribution in [-0.2, 0) is 29.0 Å². The summed E-state index contributed by atoms with van der Waals surface area (Å²) in [6, 6.07) is 26.4. The van der Waals surface area contributed by atoms with Gasteiger partial charge in [-0.1, -0.05) is 98.2 Å². The zero-order valence-electron chi connectivity index (χ0n) is 19.9. The van der Waals surface area contributed by atoms with Crippen molar-refractivity contribution in [1.82, 2.24) is 10.2 Å². The third kappa shape index (κ3) is 8.03. The fourth-order valence-corrected chi connectivity index (χ4v) is 3.94. The number of halogens is 1. The highest BCUT2D eigenvalue weighted by atomic mass is 35.5. The first-order valence-electron chi connectivity index (χ1n) is 11.8. The standard InChI is InChI=1S/C29H33ClN2O2/c1-22(2)17-18-31-29(34)27(19-23-9-5-3-6-10-23)32(21-25-11-7-4-8-12-25)28(33)20-24-13-15-26(30)16-14-24/h3-16,22,27H,17-21H2,1-2H3,(H,31,34)/t27-/m1/s1. The number of hydrogen-bond acceptors (Lipinski definition) is 2. The van der Waals surface area contributed by atoms with Gasteiger partial charge in [0.2, 0.25) is 11.8 Å². The van der Waals surface area contributed by atoms with Crippen LogP contribution in [0, 0.1) is 5.92 Å². The summed E-state index contributed by atoms with van der Waals surface area (Å²) < 4.78 is 0. The van der Waals surface area contributed by atoms with Gasteiger partial charge < -0.3 is 10.2 Å². The average molecular weight is 477 g/mol. The number of benzene rings is 3. The summed E-state index contributed by atoms with van der Waals surface area (Å²) in [5.41, 5.74) is 2.87.